The summed E-state index contributed by atoms with van der Waals surface area (Å²) in [6.45, 7) is 7.92. The molecule has 0 atom stereocenters. The number of ether oxygens (including phenoxy) is 1. The SMILES string of the molecule is COCc1c(N2CCN(Cc3ccccc3)CC2)nn(C)c1C. The molecule has 2 aromatic rings. The number of hydrogen-bond donors (Lipinski definition) is 0. The van der Waals surface area contributed by atoms with E-state index in [0.29, 0.717) is 6.61 Å². The van der Waals surface area contributed by atoms with Crippen molar-refractivity contribution in [2.24, 2.45) is 7.05 Å². The van der Waals surface area contributed by atoms with Crippen LogP contribution in [-0.2, 0) is 24.9 Å². The molecular formula is C18H26N4O. The number of methoxy groups -OCH3 is 1. The highest BCUT2D eigenvalue weighted by molar-refractivity contribution is 5.49. The van der Waals surface area contributed by atoms with Gasteiger partial charge in [0, 0.05) is 58.1 Å². The van der Waals surface area contributed by atoms with Crippen LogP contribution < -0.4 is 4.90 Å². The first-order chi connectivity index (χ1) is 11.2. The van der Waals surface area contributed by atoms with E-state index in [1.54, 1.807) is 7.11 Å². The highest BCUT2D eigenvalue weighted by Gasteiger charge is 2.23. The third-order valence-corrected chi connectivity index (χ3v) is 4.65. The first kappa shape index (κ1) is 16.0. The molecule has 5 nitrogen and oxygen atoms in total. The average molecular weight is 314 g/mol. The Labute approximate surface area is 138 Å². The standard InChI is InChI=1S/C18H26N4O/c1-15-17(14-23-3)18(19-20(15)2)22-11-9-21(10-12-22)13-16-7-5-4-6-8-16/h4-8H,9-14H2,1-3H3. The van der Waals surface area contributed by atoms with Gasteiger partial charge < -0.3 is 9.64 Å². The zero-order chi connectivity index (χ0) is 16.2. The van der Waals surface area contributed by atoms with Crippen molar-refractivity contribution in [1.82, 2.24) is 14.7 Å². The van der Waals surface area contributed by atoms with Crippen LogP contribution in [0.5, 0.6) is 0 Å². The Morgan fingerprint density at radius 1 is 1.09 bits per heavy atom. The fraction of sp³-hybridized carbons (Fsp3) is 0.500. The molecule has 1 aliphatic heterocycles. The van der Waals surface area contributed by atoms with Gasteiger partial charge in [-0.3, -0.25) is 9.58 Å². The molecule has 0 bridgehead atoms. The monoisotopic (exact) mass is 314 g/mol. The van der Waals surface area contributed by atoms with Crippen molar-refractivity contribution in [3.8, 4) is 0 Å². The number of aromatic nitrogens is 2. The van der Waals surface area contributed by atoms with Crippen LogP contribution in [0.25, 0.3) is 0 Å². The maximum atomic E-state index is 5.36. The van der Waals surface area contributed by atoms with Crippen LogP contribution in [0.2, 0.25) is 0 Å². The Bertz CT molecular complexity index is 630. The quantitative estimate of drug-likeness (QED) is 0.847. The molecule has 124 valence electrons. The molecule has 3 rings (SSSR count). The molecule has 5 heteroatoms. The second-order valence-corrected chi connectivity index (χ2v) is 6.19. The van der Waals surface area contributed by atoms with Gasteiger partial charge in [-0.2, -0.15) is 5.10 Å². The summed E-state index contributed by atoms with van der Waals surface area (Å²) in [5.74, 6) is 1.09. The van der Waals surface area contributed by atoms with Gasteiger partial charge in [-0.1, -0.05) is 30.3 Å². The topological polar surface area (TPSA) is 33.5 Å². The van der Waals surface area contributed by atoms with E-state index in [4.69, 9.17) is 9.84 Å². The summed E-state index contributed by atoms with van der Waals surface area (Å²) < 4.78 is 7.32. The van der Waals surface area contributed by atoms with Crippen molar-refractivity contribution in [3.05, 3.63) is 47.2 Å². The minimum Gasteiger partial charge on any atom is -0.380 e. The highest BCUT2D eigenvalue weighted by Crippen LogP contribution is 2.24. The van der Waals surface area contributed by atoms with Crippen LogP contribution >= 0.6 is 0 Å². The molecule has 1 saturated heterocycles. The van der Waals surface area contributed by atoms with E-state index in [2.05, 4.69) is 47.1 Å². The molecule has 0 N–H and O–H groups in total. The zero-order valence-electron chi connectivity index (χ0n) is 14.3. The molecular weight excluding hydrogens is 288 g/mol. The van der Waals surface area contributed by atoms with Gasteiger partial charge in [0.05, 0.1) is 6.61 Å². The molecule has 0 saturated carbocycles. The van der Waals surface area contributed by atoms with E-state index in [-0.39, 0.29) is 0 Å². The lowest BCUT2D eigenvalue weighted by Crippen LogP contribution is -2.46. The van der Waals surface area contributed by atoms with Gasteiger partial charge in [0.2, 0.25) is 0 Å². The third kappa shape index (κ3) is 3.57. The highest BCUT2D eigenvalue weighted by atomic mass is 16.5. The normalized spacial score (nSPS) is 16.0. The largest absolute Gasteiger partial charge is 0.380 e. The molecule has 1 aromatic carbocycles. The van der Waals surface area contributed by atoms with Crippen LogP contribution in [0.4, 0.5) is 5.82 Å². The summed E-state index contributed by atoms with van der Waals surface area (Å²) in [6.07, 6.45) is 0. The summed E-state index contributed by atoms with van der Waals surface area (Å²) in [5.41, 5.74) is 3.79. The number of benzene rings is 1. The molecule has 0 unspecified atom stereocenters. The molecule has 0 amide bonds. The number of aryl methyl sites for hydroxylation is 1. The number of anilines is 1. The van der Waals surface area contributed by atoms with Gasteiger partial charge in [-0.15, -0.1) is 0 Å². The summed E-state index contributed by atoms with van der Waals surface area (Å²) in [5, 5.41) is 4.71. The second-order valence-electron chi connectivity index (χ2n) is 6.19. The number of piperazine rings is 1. The smallest absolute Gasteiger partial charge is 0.156 e. The zero-order valence-corrected chi connectivity index (χ0v) is 14.3. The molecule has 23 heavy (non-hydrogen) atoms. The molecule has 0 aliphatic carbocycles. The van der Waals surface area contributed by atoms with Gasteiger partial charge in [-0.05, 0) is 12.5 Å². The van der Waals surface area contributed by atoms with Gasteiger partial charge in [0.1, 0.15) is 0 Å². The Kier molecular flexibility index (Phi) is 4.98. The van der Waals surface area contributed by atoms with Crippen molar-refractivity contribution in [1.29, 1.82) is 0 Å². The third-order valence-electron chi connectivity index (χ3n) is 4.65. The predicted octanol–water partition coefficient (Wildman–Crippen LogP) is 2.20. The molecule has 1 aliphatic rings. The fourth-order valence-electron chi connectivity index (χ4n) is 3.16. The molecule has 0 radical (unpaired) electrons. The lowest BCUT2D eigenvalue weighted by atomic mass is 10.2. The Morgan fingerprint density at radius 2 is 1.78 bits per heavy atom. The van der Waals surface area contributed by atoms with Crippen LogP contribution in [0.3, 0.4) is 0 Å². The first-order valence-electron chi connectivity index (χ1n) is 8.21. The molecule has 1 aromatic heterocycles. The maximum Gasteiger partial charge on any atom is 0.156 e. The number of nitrogens with zero attached hydrogens (tertiary/aromatic N) is 4. The minimum atomic E-state index is 0.624. The molecule has 1 fully saturated rings. The van der Waals surface area contributed by atoms with E-state index in [1.807, 2.05) is 11.7 Å². The van der Waals surface area contributed by atoms with E-state index in [9.17, 15) is 0 Å². The van der Waals surface area contributed by atoms with Crippen LogP contribution in [0, 0.1) is 6.92 Å². The molecule has 2 heterocycles. The summed E-state index contributed by atoms with van der Waals surface area (Å²) in [4.78, 5) is 4.90. The first-order valence-corrected chi connectivity index (χ1v) is 8.21. The summed E-state index contributed by atoms with van der Waals surface area (Å²) >= 11 is 0. The minimum absolute atomic E-state index is 0.624. The van der Waals surface area contributed by atoms with E-state index in [1.165, 1.54) is 16.8 Å². The fourth-order valence-corrected chi connectivity index (χ4v) is 3.16. The number of hydrogen-bond acceptors (Lipinski definition) is 4. The van der Waals surface area contributed by atoms with Crippen molar-refractivity contribution in [2.75, 3.05) is 38.2 Å². The van der Waals surface area contributed by atoms with Gasteiger partial charge in [-0.25, -0.2) is 0 Å². The predicted molar refractivity (Wildman–Crippen MR) is 92.6 cm³/mol. The lowest BCUT2D eigenvalue weighted by Gasteiger charge is -2.35. The summed E-state index contributed by atoms with van der Waals surface area (Å²) in [7, 11) is 3.75. The lowest BCUT2D eigenvalue weighted by molar-refractivity contribution is 0.184. The van der Waals surface area contributed by atoms with Crippen molar-refractivity contribution in [3.63, 3.8) is 0 Å². The second kappa shape index (κ2) is 7.15. The number of rotatable bonds is 5. The van der Waals surface area contributed by atoms with E-state index >= 15 is 0 Å². The average Bonchev–Trinajstić information content (AvgIpc) is 2.85. The van der Waals surface area contributed by atoms with Crippen molar-refractivity contribution in [2.45, 2.75) is 20.1 Å². The maximum absolute atomic E-state index is 5.36. The van der Waals surface area contributed by atoms with Crippen molar-refractivity contribution < 1.29 is 4.74 Å². The Morgan fingerprint density at radius 3 is 2.43 bits per heavy atom. The van der Waals surface area contributed by atoms with Crippen LogP contribution in [0.15, 0.2) is 30.3 Å². The van der Waals surface area contributed by atoms with E-state index < -0.39 is 0 Å². The van der Waals surface area contributed by atoms with Crippen LogP contribution in [-0.4, -0.2) is 48.0 Å². The van der Waals surface area contributed by atoms with Crippen LogP contribution in [0.1, 0.15) is 16.8 Å². The molecule has 0 spiro atoms. The Balaban J connectivity index is 1.64. The van der Waals surface area contributed by atoms with Crippen molar-refractivity contribution >= 4 is 5.82 Å². The van der Waals surface area contributed by atoms with Gasteiger partial charge in [0.25, 0.3) is 0 Å². The van der Waals surface area contributed by atoms with Gasteiger partial charge >= 0.3 is 0 Å². The Hall–Kier alpha value is -1.85. The van der Waals surface area contributed by atoms with E-state index in [0.717, 1.165) is 38.5 Å². The van der Waals surface area contributed by atoms with Gasteiger partial charge in [0.15, 0.2) is 5.82 Å². The summed E-state index contributed by atoms with van der Waals surface area (Å²) in [6, 6.07) is 10.7.